The summed E-state index contributed by atoms with van der Waals surface area (Å²) < 4.78 is 0. The maximum atomic E-state index is 13.2. The molecule has 6 nitrogen and oxygen atoms in total. The van der Waals surface area contributed by atoms with Crippen LogP contribution in [0, 0.1) is 6.92 Å². The number of fused-ring (bicyclic) bond motifs is 4. The van der Waals surface area contributed by atoms with Crippen molar-refractivity contribution in [2.75, 3.05) is 10.6 Å². The zero-order chi connectivity index (χ0) is 24.4. The maximum Gasteiger partial charge on any atom is 0.267 e. The largest absolute Gasteiger partial charge is 0.399 e. The topological polar surface area (TPSA) is 102 Å². The highest BCUT2D eigenvalue weighted by Crippen LogP contribution is 2.46. The second-order valence-electron chi connectivity index (χ2n) is 8.97. The lowest BCUT2D eigenvalue weighted by Gasteiger charge is -2.21. The fourth-order valence-electron chi connectivity index (χ4n) is 5.32. The molecule has 0 spiro atoms. The van der Waals surface area contributed by atoms with Crippen molar-refractivity contribution in [1.29, 1.82) is 0 Å². The van der Waals surface area contributed by atoms with E-state index in [0.717, 1.165) is 50.2 Å². The Balaban J connectivity index is 1.52. The first-order chi connectivity index (χ1) is 16.8. The molecule has 0 saturated carbocycles. The minimum Gasteiger partial charge on any atom is -0.399 e. The van der Waals surface area contributed by atoms with Gasteiger partial charge in [-0.2, -0.15) is 0 Å². The monoisotopic (exact) mass is 480 g/mol. The molecule has 35 heavy (non-hydrogen) atoms. The lowest BCUT2D eigenvalue weighted by molar-refractivity contribution is 0.0987. The van der Waals surface area contributed by atoms with Gasteiger partial charge in [-0.15, -0.1) is 0 Å². The van der Waals surface area contributed by atoms with Crippen molar-refractivity contribution in [2.45, 2.75) is 19.9 Å². The molecule has 0 bridgehead atoms. The number of hydrogen-bond acceptors (Lipinski definition) is 4. The number of hydrogen-bond donors (Lipinski definition) is 2. The third-order valence-corrected chi connectivity index (χ3v) is 7.18. The molecule has 0 radical (unpaired) electrons. The third-order valence-electron chi connectivity index (χ3n) is 6.94. The van der Waals surface area contributed by atoms with Gasteiger partial charge in [-0.25, -0.2) is 0 Å². The Bertz CT molecular complexity index is 1590. The first-order valence-electron chi connectivity index (χ1n) is 11.2. The average Bonchev–Trinajstić information content (AvgIpc) is 3.36. The van der Waals surface area contributed by atoms with E-state index >= 15 is 0 Å². The SMILES string of the molecule is Cc1c(-c2cnc(C(N)=O)c3c2-c2ccc(N)cc2C3)cccc1N1Cc2ccc(Cl)cc2C1=O. The predicted molar refractivity (Wildman–Crippen MR) is 138 cm³/mol. The van der Waals surface area contributed by atoms with Crippen molar-refractivity contribution in [3.63, 3.8) is 0 Å². The van der Waals surface area contributed by atoms with Gasteiger partial charge >= 0.3 is 0 Å². The first kappa shape index (κ1) is 21.4. The number of carbonyl (C=O) groups is 2. The van der Waals surface area contributed by atoms with Crippen molar-refractivity contribution in [3.05, 3.63) is 99.3 Å². The number of nitrogens with two attached hydrogens (primary N) is 2. The molecule has 3 aromatic carbocycles. The normalized spacial score (nSPS) is 13.5. The molecule has 1 aliphatic heterocycles. The molecule has 1 aromatic heterocycles. The zero-order valence-electron chi connectivity index (χ0n) is 18.9. The summed E-state index contributed by atoms with van der Waals surface area (Å²) >= 11 is 6.14. The number of carbonyl (C=O) groups excluding carboxylic acids is 2. The first-order valence-corrected chi connectivity index (χ1v) is 11.6. The van der Waals surface area contributed by atoms with Crippen LogP contribution in [-0.2, 0) is 13.0 Å². The summed E-state index contributed by atoms with van der Waals surface area (Å²) in [6.45, 7) is 2.48. The van der Waals surface area contributed by atoms with Crippen LogP contribution in [-0.4, -0.2) is 16.8 Å². The standard InChI is InChI=1S/C28H21ClN4O2/c1-14-19(3-2-4-24(14)33-13-15-5-6-17(29)11-21(15)28(33)35)23-12-32-26(27(31)34)22-10-16-9-18(30)7-8-20(16)25(22)23/h2-9,11-12H,10,13,30H2,1H3,(H2,31,34). The fraction of sp³-hybridized carbons (Fsp3) is 0.107. The summed E-state index contributed by atoms with van der Waals surface area (Å²) in [5, 5.41) is 0.542. The van der Waals surface area contributed by atoms with E-state index in [2.05, 4.69) is 4.98 Å². The van der Waals surface area contributed by atoms with Gasteiger partial charge in [0.05, 0.1) is 6.54 Å². The number of pyridine rings is 1. The van der Waals surface area contributed by atoms with Gasteiger partial charge in [0.2, 0.25) is 0 Å². The molecular formula is C28H21ClN4O2. The molecular weight excluding hydrogens is 460 g/mol. The van der Waals surface area contributed by atoms with Gasteiger partial charge in [-0.05, 0) is 76.2 Å². The summed E-state index contributed by atoms with van der Waals surface area (Å²) in [5.74, 6) is -0.630. The van der Waals surface area contributed by atoms with E-state index in [1.165, 1.54) is 0 Å². The Morgan fingerprint density at radius 3 is 2.63 bits per heavy atom. The number of amides is 2. The lowest BCUT2D eigenvalue weighted by Crippen LogP contribution is -2.24. The van der Waals surface area contributed by atoms with Crippen LogP contribution in [0.15, 0.2) is 60.8 Å². The van der Waals surface area contributed by atoms with E-state index in [9.17, 15) is 9.59 Å². The number of nitrogen functional groups attached to an aromatic ring is 1. The van der Waals surface area contributed by atoms with Gasteiger partial charge in [0.15, 0.2) is 0 Å². The van der Waals surface area contributed by atoms with Crippen LogP contribution < -0.4 is 16.4 Å². The van der Waals surface area contributed by atoms with Crippen LogP contribution in [0.2, 0.25) is 5.02 Å². The maximum absolute atomic E-state index is 13.2. The second-order valence-corrected chi connectivity index (χ2v) is 9.41. The highest BCUT2D eigenvalue weighted by Gasteiger charge is 2.32. The molecule has 7 heteroatoms. The predicted octanol–water partition coefficient (Wildman–Crippen LogP) is 5.12. The number of rotatable bonds is 3. The molecule has 2 aliphatic rings. The lowest BCUT2D eigenvalue weighted by atomic mass is 9.91. The van der Waals surface area contributed by atoms with Gasteiger partial charge in [-0.3, -0.25) is 14.6 Å². The molecule has 4 N–H and O–H groups in total. The summed E-state index contributed by atoms with van der Waals surface area (Å²) in [6, 6.07) is 17.1. The Kier molecular flexibility index (Phi) is 4.69. The van der Waals surface area contributed by atoms with Crippen molar-refractivity contribution < 1.29 is 9.59 Å². The summed E-state index contributed by atoms with van der Waals surface area (Å²) in [6.07, 6.45) is 2.24. The third kappa shape index (κ3) is 3.21. The molecule has 1 aliphatic carbocycles. The Labute approximate surface area is 207 Å². The van der Waals surface area contributed by atoms with Crippen molar-refractivity contribution in [3.8, 4) is 22.3 Å². The highest BCUT2D eigenvalue weighted by atomic mass is 35.5. The van der Waals surface area contributed by atoms with Gasteiger partial charge < -0.3 is 16.4 Å². The van der Waals surface area contributed by atoms with Crippen molar-refractivity contribution in [2.24, 2.45) is 5.73 Å². The summed E-state index contributed by atoms with van der Waals surface area (Å²) in [5.41, 5.74) is 21.6. The highest BCUT2D eigenvalue weighted by molar-refractivity contribution is 6.31. The minimum absolute atomic E-state index is 0.0731. The number of halogens is 1. The van der Waals surface area contributed by atoms with E-state index < -0.39 is 5.91 Å². The van der Waals surface area contributed by atoms with Crippen LogP contribution in [0.3, 0.4) is 0 Å². The van der Waals surface area contributed by atoms with Crippen molar-refractivity contribution in [1.82, 2.24) is 4.98 Å². The number of aromatic nitrogens is 1. The number of benzene rings is 3. The minimum atomic E-state index is -0.557. The fourth-order valence-corrected chi connectivity index (χ4v) is 5.49. The van der Waals surface area contributed by atoms with E-state index in [0.29, 0.717) is 29.2 Å². The van der Waals surface area contributed by atoms with Gasteiger partial charge in [-0.1, -0.05) is 35.9 Å². The molecule has 0 saturated heterocycles. The zero-order valence-corrected chi connectivity index (χ0v) is 19.7. The number of anilines is 2. The van der Waals surface area contributed by atoms with E-state index in [-0.39, 0.29) is 11.6 Å². The summed E-state index contributed by atoms with van der Waals surface area (Å²) in [4.78, 5) is 31.6. The average molecular weight is 481 g/mol. The van der Waals surface area contributed by atoms with E-state index in [1.807, 2.05) is 49.4 Å². The summed E-state index contributed by atoms with van der Waals surface area (Å²) in [7, 11) is 0. The molecule has 0 fully saturated rings. The Morgan fingerprint density at radius 1 is 1.00 bits per heavy atom. The smallest absolute Gasteiger partial charge is 0.267 e. The van der Waals surface area contributed by atoms with Crippen LogP contribution in [0.4, 0.5) is 11.4 Å². The molecule has 4 aromatic rings. The van der Waals surface area contributed by atoms with Crippen LogP contribution in [0.1, 0.15) is 43.1 Å². The van der Waals surface area contributed by atoms with E-state index in [4.69, 9.17) is 23.1 Å². The van der Waals surface area contributed by atoms with Gasteiger partial charge in [0.1, 0.15) is 5.69 Å². The molecule has 0 atom stereocenters. The molecule has 2 amide bonds. The van der Waals surface area contributed by atoms with Crippen molar-refractivity contribution >= 4 is 34.8 Å². The number of primary amides is 1. The molecule has 0 unspecified atom stereocenters. The van der Waals surface area contributed by atoms with Gasteiger partial charge in [0, 0.05) is 40.1 Å². The quantitative estimate of drug-likeness (QED) is 0.350. The van der Waals surface area contributed by atoms with Crippen LogP contribution in [0.25, 0.3) is 22.3 Å². The Hall–Kier alpha value is -4.16. The van der Waals surface area contributed by atoms with Crippen LogP contribution in [0.5, 0.6) is 0 Å². The van der Waals surface area contributed by atoms with Crippen LogP contribution >= 0.6 is 11.6 Å². The van der Waals surface area contributed by atoms with Gasteiger partial charge in [0.25, 0.3) is 11.8 Å². The molecule has 6 rings (SSSR count). The van der Waals surface area contributed by atoms with E-state index in [1.54, 1.807) is 23.2 Å². The second kappa shape index (κ2) is 7.68. The molecule has 2 heterocycles. The molecule has 172 valence electrons. The Morgan fingerprint density at radius 2 is 1.83 bits per heavy atom. The number of nitrogens with zero attached hydrogens (tertiary/aromatic N) is 2.